The van der Waals surface area contributed by atoms with Crippen LogP contribution in [0.4, 0.5) is 4.39 Å². The van der Waals surface area contributed by atoms with E-state index >= 15 is 0 Å². The number of alkyl halides is 1. The van der Waals surface area contributed by atoms with E-state index in [-0.39, 0.29) is 5.25 Å². The van der Waals surface area contributed by atoms with Crippen molar-refractivity contribution >= 4 is 11.8 Å². The second kappa shape index (κ2) is 7.88. The molecule has 0 spiro atoms. The van der Waals surface area contributed by atoms with Crippen LogP contribution >= 0.6 is 11.8 Å². The molecule has 20 heavy (non-hydrogen) atoms. The fourth-order valence-electron chi connectivity index (χ4n) is 3.38. The third-order valence-electron chi connectivity index (χ3n) is 4.76. The van der Waals surface area contributed by atoms with Crippen molar-refractivity contribution < 1.29 is 4.39 Å². The highest BCUT2D eigenvalue weighted by Gasteiger charge is 2.30. The molecule has 3 unspecified atom stereocenters. The first-order chi connectivity index (χ1) is 9.72. The van der Waals surface area contributed by atoms with Crippen LogP contribution in [0.2, 0.25) is 0 Å². The molecule has 2 rings (SSSR count). The predicted octanol–water partition coefficient (Wildman–Crippen LogP) is 5.26. The van der Waals surface area contributed by atoms with E-state index < -0.39 is 6.17 Å². The van der Waals surface area contributed by atoms with Gasteiger partial charge in [0.1, 0.15) is 11.6 Å². The average Bonchev–Trinajstić information content (AvgIpc) is 2.48. The normalized spacial score (nSPS) is 38.5. The van der Waals surface area contributed by atoms with Gasteiger partial charge in [-0.25, -0.2) is 4.39 Å². The monoisotopic (exact) mass is 293 g/mol. The lowest BCUT2D eigenvalue weighted by Crippen LogP contribution is -2.27. The Morgan fingerprint density at radius 3 is 2.20 bits per heavy atom. The molecule has 3 atom stereocenters. The largest absolute Gasteiger partial charge is 0.246 e. The van der Waals surface area contributed by atoms with Crippen LogP contribution < -0.4 is 0 Å². The zero-order valence-corrected chi connectivity index (χ0v) is 12.8. The van der Waals surface area contributed by atoms with Gasteiger partial charge in [0.15, 0.2) is 0 Å². The van der Waals surface area contributed by atoms with Crippen molar-refractivity contribution in [3.8, 4) is 5.40 Å². The van der Waals surface area contributed by atoms with E-state index in [0.29, 0.717) is 24.2 Å². The first kappa shape index (κ1) is 15.6. The van der Waals surface area contributed by atoms with Gasteiger partial charge in [-0.1, -0.05) is 18.2 Å². The number of rotatable bonds is 4. The minimum absolute atomic E-state index is 0.104. The summed E-state index contributed by atoms with van der Waals surface area (Å²) in [5.41, 5.74) is 0. The Bertz CT molecular complexity index is 379. The maximum absolute atomic E-state index is 13.9. The predicted molar refractivity (Wildman–Crippen MR) is 84.0 cm³/mol. The summed E-state index contributed by atoms with van der Waals surface area (Å²) < 4.78 is 13.9. The summed E-state index contributed by atoms with van der Waals surface area (Å²) >= 11 is 1.11. The smallest absolute Gasteiger partial charge is 0.133 e. The molecule has 0 heterocycles. The number of nitrogens with zero attached hydrogens (tertiary/aromatic N) is 1. The molecule has 0 saturated heterocycles. The number of thioether (sulfide) groups is 1. The standard InChI is InChI=1S/C17H24FNS/c1-2-13-3-5-14(6-4-13)7-8-15-9-10-17(20-12-19)16(18)11-15/h2,7-8,13-17H,1,3-6,9-11H2. The molecular formula is C17H24FNS. The Hall–Kier alpha value is -0.750. The number of allylic oxidation sites excluding steroid dienone is 3. The lowest BCUT2D eigenvalue weighted by Gasteiger charge is -2.29. The van der Waals surface area contributed by atoms with Crippen LogP contribution in [0.1, 0.15) is 44.9 Å². The van der Waals surface area contributed by atoms with Gasteiger partial charge in [-0.3, -0.25) is 0 Å². The molecule has 110 valence electrons. The maximum atomic E-state index is 13.9. The highest BCUT2D eigenvalue weighted by atomic mass is 32.2. The summed E-state index contributed by atoms with van der Waals surface area (Å²) in [6.07, 6.45) is 13.3. The van der Waals surface area contributed by atoms with Crippen molar-refractivity contribution in [1.82, 2.24) is 0 Å². The van der Waals surface area contributed by atoms with E-state index in [9.17, 15) is 4.39 Å². The van der Waals surface area contributed by atoms with Crippen molar-refractivity contribution in [2.75, 3.05) is 0 Å². The third kappa shape index (κ3) is 4.38. The molecule has 0 aliphatic heterocycles. The summed E-state index contributed by atoms with van der Waals surface area (Å²) in [5, 5.41) is 10.6. The van der Waals surface area contributed by atoms with Crippen LogP contribution in [-0.2, 0) is 0 Å². The SMILES string of the molecule is C=CC1CCC(C=CC2CCC(SC#N)C(F)C2)CC1. The summed E-state index contributed by atoms with van der Waals surface area (Å²) in [6, 6.07) is 0. The van der Waals surface area contributed by atoms with Gasteiger partial charge >= 0.3 is 0 Å². The zero-order chi connectivity index (χ0) is 14.4. The molecule has 2 aliphatic rings. The van der Waals surface area contributed by atoms with Gasteiger partial charge in [-0.15, -0.1) is 6.58 Å². The summed E-state index contributed by atoms with van der Waals surface area (Å²) in [6.45, 7) is 3.87. The molecule has 0 N–H and O–H groups in total. The van der Waals surface area contributed by atoms with Gasteiger partial charge in [-0.05, 0) is 74.5 Å². The topological polar surface area (TPSA) is 23.8 Å². The zero-order valence-electron chi connectivity index (χ0n) is 12.0. The van der Waals surface area contributed by atoms with E-state index in [1.165, 1.54) is 25.7 Å². The number of nitriles is 1. The first-order valence-corrected chi connectivity index (χ1v) is 8.60. The second-order valence-electron chi connectivity index (χ2n) is 6.13. The number of thiocyanates is 1. The molecule has 0 bridgehead atoms. The van der Waals surface area contributed by atoms with Crippen molar-refractivity contribution in [3.63, 3.8) is 0 Å². The van der Waals surface area contributed by atoms with Crippen molar-refractivity contribution in [2.24, 2.45) is 17.8 Å². The lowest BCUT2D eigenvalue weighted by molar-refractivity contribution is 0.229. The highest BCUT2D eigenvalue weighted by Crippen LogP contribution is 2.35. The minimum Gasteiger partial charge on any atom is -0.246 e. The lowest BCUT2D eigenvalue weighted by atomic mass is 9.80. The molecular weight excluding hydrogens is 269 g/mol. The van der Waals surface area contributed by atoms with E-state index in [2.05, 4.69) is 24.8 Å². The Balaban J connectivity index is 1.76. The Kier molecular flexibility index (Phi) is 6.16. The van der Waals surface area contributed by atoms with Crippen LogP contribution in [0.15, 0.2) is 24.8 Å². The number of hydrogen-bond acceptors (Lipinski definition) is 2. The highest BCUT2D eigenvalue weighted by molar-refractivity contribution is 8.04. The fraction of sp³-hybridized carbons (Fsp3) is 0.706. The Morgan fingerprint density at radius 1 is 1.00 bits per heavy atom. The van der Waals surface area contributed by atoms with Gasteiger partial charge in [0.25, 0.3) is 0 Å². The van der Waals surface area contributed by atoms with Crippen LogP contribution in [-0.4, -0.2) is 11.4 Å². The molecule has 0 aromatic heterocycles. The first-order valence-electron chi connectivity index (χ1n) is 7.72. The van der Waals surface area contributed by atoms with Gasteiger partial charge in [0.2, 0.25) is 0 Å². The van der Waals surface area contributed by atoms with Crippen molar-refractivity contribution in [3.05, 3.63) is 24.8 Å². The van der Waals surface area contributed by atoms with Gasteiger partial charge in [0.05, 0.1) is 5.25 Å². The van der Waals surface area contributed by atoms with E-state index in [0.717, 1.165) is 24.6 Å². The molecule has 2 fully saturated rings. The van der Waals surface area contributed by atoms with Gasteiger partial charge in [0, 0.05) is 0 Å². The van der Waals surface area contributed by atoms with Crippen LogP contribution in [0.25, 0.3) is 0 Å². The minimum atomic E-state index is -0.820. The third-order valence-corrected chi connectivity index (χ3v) is 5.70. The number of hydrogen-bond donors (Lipinski definition) is 0. The average molecular weight is 293 g/mol. The van der Waals surface area contributed by atoms with Crippen molar-refractivity contribution in [1.29, 1.82) is 5.26 Å². The summed E-state index contributed by atoms with van der Waals surface area (Å²) in [7, 11) is 0. The van der Waals surface area contributed by atoms with Crippen molar-refractivity contribution in [2.45, 2.75) is 56.4 Å². The Morgan fingerprint density at radius 2 is 1.60 bits per heavy atom. The van der Waals surface area contributed by atoms with Crippen LogP contribution in [0.5, 0.6) is 0 Å². The fourth-order valence-corrected chi connectivity index (χ4v) is 4.03. The van der Waals surface area contributed by atoms with E-state index in [4.69, 9.17) is 5.26 Å². The molecule has 0 aromatic rings. The summed E-state index contributed by atoms with van der Waals surface area (Å²) in [5.74, 6) is 1.75. The van der Waals surface area contributed by atoms with Crippen LogP contribution in [0.3, 0.4) is 0 Å². The molecule has 0 amide bonds. The molecule has 3 heteroatoms. The second-order valence-corrected chi connectivity index (χ2v) is 7.16. The van der Waals surface area contributed by atoms with E-state index in [1.54, 1.807) is 0 Å². The maximum Gasteiger partial charge on any atom is 0.133 e. The molecule has 0 aromatic carbocycles. The number of halogens is 1. The molecule has 1 nitrogen and oxygen atoms in total. The van der Waals surface area contributed by atoms with Gasteiger partial charge in [-0.2, -0.15) is 5.26 Å². The summed E-state index contributed by atoms with van der Waals surface area (Å²) in [4.78, 5) is 0. The molecule has 2 saturated carbocycles. The van der Waals surface area contributed by atoms with E-state index in [1.807, 2.05) is 5.40 Å². The Labute approximate surface area is 126 Å². The van der Waals surface area contributed by atoms with Gasteiger partial charge < -0.3 is 0 Å². The molecule has 2 aliphatic carbocycles. The quantitative estimate of drug-likeness (QED) is 0.521. The van der Waals surface area contributed by atoms with Crippen LogP contribution in [0, 0.1) is 28.4 Å². The molecule has 0 radical (unpaired) electrons.